The van der Waals surface area contributed by atoms with E-state index in [2.05, 4.69) is 36.5 Å². The highest BCUT2D eigenvalue weighted by Crippen LogP contribution is 2.61. The summed E-state index contributed by atoms with van der Waals surface area (Å²) in [5, 5.41) is 5.16. The van der Waals surface area contributed by atoms with Gasteiger partial charge in [0.2, 0.25) is 0 Å². The Morgan fingerprint density at radius 1 is 0.968 bits per heavy atom. The van der Waals surface area contributed by atoms with E-state index in [9.17, 15) is 0 Å². The maximum absolute atomic E-state index is 6.23. The van der Waals surface area contributed by atoms with Gasteiger partial charge in [-0.05, 0) is 98.4 Å². The zero-order chi connectivity index (χ0) is 20.7. The van der Waals surface area contributed by atoms with Gasteiger partial charge in [-0.3, -0.25) is 0 Å². The molecule has 168 valence electrons. The van der Waals surface area contributed by atoms with Crippen LogP contribution in [0.25, 0.3) is 0 Å². The Labute approximate surface area is 202 Å². The minimum absolute atomic E-state index is 0. The second-order valence-corrected chi connectivity index (χ2v) is 10.9. The third kappa shape index (κ3) is 5.03. The van der Waals surface area contributed by atoms with Crippen molar-refractivity contribution in [2.75, 3.05) is 0 Å². The SMILES string of the molecule is CC(NCc1ccc(OCc2ccc(Cl)cc2Cl)cc1)C12CC3CC(CC(C3)C1)C2.Cl. The fourth-order valence-electron chi connectivity index (χ4n) is 6.70. The molecule has 2 nitrogen and oxygen atoms in total. The molecule has 0 radical (unpaired) electrons. The van der Waals surface area contributed by atoms with Gasteiger partial charge in [0.1, 0.15) is 12.4 Å². The highest BCUT2D eigenvalue weighted by atomic mass is 35.5. The predicted molar refractivity (Wildman–Crippen MR) is 131 cm³/mol. The third-order valence-corrected chi connectivity index (χ3v) is 8.54. The van der Waals surface area contributed by atoms with Crippen LogP contribution in [0.4, 0.5) is 0 Å². The number of benzene rings is 2. The van der Waals surface area contributed by atoms with E-state index in [1.807, 2.05) is 12.1 Å². The molecule has 0 amide bonds. The summed E-state index contributed by atoms with van der Waals surface area (Å²) in [7, 11) is 0. The minimum Gasteiger partial charge on any atom is -0.489 e. The average molecular weight is 481 g/mol. The summed E-state index contributed by atoms with van der Waals surface area (Å²) in [6.45, 7) is 3.79. The summed E-state index contributed by atoms with van der Waals surface area (Å²) >= 11 is 12.2. The monoisotopic (exact) mass is 479 g/mol. The molecule has 2 aromatic carbocycles. The zero-order valence-corrected chi connectivity index (χ0v) is 20.4. The molecular formula is C26H32Cl3NO. The summed E-state index contributed by atoms with van der Waals surface area (Å²) < 4.78 is 5.91. The molecule has 4 aliphatic carbocycles. The number of hydrogen-bond donors (Lipinski definition) is 1. The molecule has 1 N–H and O–H groups in total. The van der Waals surface area contributed by atoms with E-state index in [1.54, 1.807) is 6.07 Å². The molecule has 4 aliphatic rings. The maximum atomic E-state index is 6.23. The van der Waals surface area contributed by atoms with Crippen molar-refractivity contribution < 1.29 is 4.74 Å². The van der Waals surface area contributed by atoms with Crippen molar-refractivity contribution in [2.24, 2.45) is 23.2 Å². The normalized spacial score (nSPS) is 29.5. The molecule has 31 heavy (non-hydrogen) atoms. The lowest BCUT2D eigenvalue weighted by molar-refractivity contribution is -0.0706. The van der Waals surface area contributed by atoms with E-state index in [1.165, 1.54) is 44.1 Å². The van der Waals surface area contributed by atoms with E-state index in [4.69, 9.17) is 27.9 Å². The van der Waals surface area contributed by atoms with Crippen molar-refractivity contribution in [3.8, 4) is 5.75 Å². The Hall–Kier alpha value is -0.930. The van der Waals surface area contributed by atoms with Gasteiger partial charge in [0.05, 0.1) is 0 Å². The third-order valence-electron chi connectivity index (χ3n) is 7.95. The van der Waals surface area contributed by atoms with Crippen molar-refractivity contribution in [3.05, 3.63) is 63.6 Å². The van der Waals surface area contributed by atoms with E-state index in [-0.39, 0.29) is 12.4 Å². The van der Waals surface area contributed by atoms with Gasteiger partial charge in [0.25, 0.3) is 0 Å². The van der Waals surface area contributed by atoms with E-state index in [0.717, 1.165) is 35.6 Å². The van der Waals surface area contributed by atoms with Crippen molar-refractivity contribution in [1.82, 2.24) is 5.32 Å². The molecule has 5 heteroatoms. The lowest BCUT2D eigenvalue weighted by Crippen LogP contribution is -2.54. The Kier molecular flexibility index (Phi) is 7.13. The van der Waals surface area contributed by atoms with Crippen LogP contribution in [0.5, 0.6) is 5.75 Å². The van der Waals surface area contributed by atoms with Crippen LogP contribution >= 0.6 is 35.6 Å². The highest BCUT2D eigenvalue weighted by Gasteiger charge is 2.52. The van der Waals surface area contributed by atoms with Crippen molar-refractivity contribution in [1.29, 1.82) is 0 Å². The molecule has 4 saturated carbocycles. The van der Waals surface area contributed by atoms with Crippen LogP contribution < -0.4 is 10.1 Å². The van der Waals surface area contributed by atoms with Crippen LogP contribution in [-0.2, 0) is 13.2 Å². The molecule has 4 fully saturated rings. The molecular weight excluding hydrogens is 449 g/mol. The molecule has 0 spiro atoms. The molecule has 0 heterocycles. The Morgan fingerprint density at radius 3 is 2.16 bits per heavy atom. The Morgan fingerprint density at radius 2 is 1.58 bits per heavy atom. The summed E-state index contributed by atoms with van der Waals surface area (Å²) in [5.41, 5.74) is 2.80. The second-order valence-electron chi connectivity index (χ2n) is 10.1. The van der Waals surface area contributed by atoms with E-state index >= 15 is 0 Å². The molecule has 4 bridgehead atoms. The summed E-state index contributed by atoms with van der Waals surface area (Å²) in [5.74, 6) is 3.88. The van der Waals surface area contributed by atoms with Crippen LogP contribution in [-0.4, -0.2) is 6.04 Å². The smallest absolute Gasteiger partial charge is 0.119 e. The van der Waals surface area contributed by atoms with Crippen molar-refractivity contribution >= 4 is 35.6 Å². The first-order chi connectivity index (χ1) is 14.5. The van der Waals surface area contributed by atoms with Crippen LogP contribution in [0, 0.1) is 23.2 Å². The van der Waals surface area contributed by atoms with E-state index in [0.29, 0.717) is 28.1 Å². The summed E-state index contributed by atoms with van der Waals surface area (Å²) in [6, 6.07) is 14.5. The Balaban J connectivity index is 0.00000231. The van der Waals surface area contributed by atoms with Crippen LogP contribution in [0.3, 0.4) is 0 Å². The van der Waals surface area contributed by atoms with Gasteiger partial charge >= 0.3 is 0 Å². The zero-order valence-electron chi connectivity index (χ0n) is 18.1. The largest absolute Gasteiger partial charge is 0.489 e. The predicted octanol–water partition coefficient (Wildman–Crippen LogP) is 7.69. The van der Waals surface area contributed by atoms with Gasteiger partial charge in [-0.15, -0.1) is 12.4 Å². The molecule has 0 aromatic heterocycles. The van der Waals surface area contributed by atoms with Gasteiger partial charge in [-0.2, -0.15) is 0 Å². The lowest BCUT2D eigenvalue weighted by Gasteiger charge is -2.59. The van der Waals surface area contributed by atoms with Crippen molar-refractivity contribution in [2.45, 2.75) is 64.6 Å². The maximum Gasteiger partial charge on any atom is 0.119 e. The van der Waals surface area contributed by atoms with Gasteiger partial charge in [0, 0.05) is 28.2 Å². The molecule has 0 saturated heterocycles. The van der Waals surface area contributed by atoms with Gasteiger partial charge in [-0.25, -0.2) is 0 Å². The number of ether oxygens (including phenoxy) is 1. The number of halogens is 3. The first kappa shape index (κ1) is 23.2. The second kappa shape index (κ2) is 9.51. The van der Waals surface area contributed by atoms with Crippen LogP contribution in [0.2, 0.25) is 10.0 Å². The first-order valence-electron chi connectivity index (χ1n) is 11.4. The summed E-state index contributed by atoms with van der Waals surface area (Å²) in [6.07, 6.45) is 8.88. The van der Waals surface area contributed by atoms with Crippen molar-refractivity contribution in [3.63, 3.8) is 0 Å². The molecule has 0 aliphatic heterocycles. The van der Waals surface area contributed by atoms with Gasteiger partial charge in [-0.1, -0.05) is 41.4 Å². The molecule has 6 rings (SSSR count). The number of hydrogen-bond acceptors (Lipinski definition) is 2. The average Bonchev–Trinajstić information content (AvgIpc) is 2.71. The van der Waals surface area contributed by atoms with Crippen LogP contribution in [0.15, 0.2) is 42.5 Å². The number of rotatable bonds is 7. The molecule has 1 unspecified atom stereocenters. The van der Waals surface area contributed by atoms with E-state index < -0.39 is 0 Å². The van der Waals surface area contributed by atoms with Gasteiger partial charge < -0.3 is 10.1 Å². The fraction of sp³-hybridized carbons (Fsp3) is 0.538. The lowest BCUT2D eigenvalue weighted by atomic mass is 9.48. The standard InChI is InChI=1S/C26H31Cl2NO.ClH/c1-17(26-12-19-8-20(13-26)10-21(9-19)14-26)29-15-18-2-6-24(7-3-18)30-16-22-4-5-23(27)11-25(22)28;/h2-7,11,17,19-21,29H,8-10,12-16H2,1H3;1H. The minimum atomic E-state index is 0. The topological polar surface area (TPSA) is 21.3 Å². The number of nitrogens with one attached hydrogen (secondary N) is 1. The van der Waals surface area contributed by atoms with Crippen LogP contribution in [0.1, 0.15) is 56.6 Å². The highest BCUT2D eigenvalue weighted by molar-refractivity contribution is 6.35. The Bertz CT molecular complexity index is 863. The quantitative estimate of drug-likeness (QED) is 0.438. The summed E-state index contributed by atoms with van der Waals surface area (Å²) in [4.78, 5) is 0. The first-order valence-corrected chi connectivity index (χ1v) is 12.1. The molecule has 2 aromatic rings. The van der Waals surface area contributed by atoms with Gasteiger partial charge in [0.15, 0.2) is 0 Å². The fourth-order valence-corrected chi connectivity index (χ4v) is 7.16. The molecule has 1 atom stereocenters.